The first kappa shape index (κ1) is 12.0. The third-order valence-corrected chi connectivity index (χ3v) is 4.60. The predicted molar refractivity (Wildman–Crippen MR) is 60.3 cm³/mol. The minimum atomic E-state index is -0.836. The zero-order valence-corrected chi connectivity index (χ0v) is 11.2. The Balaban J connectivity index is 2.42. The number of methoxy groups -OCH3 is 1. The van der Waals surface area contributed by atoms with Gasteiger partial charge in [0.2, 0.25) is 0 Å². The standard InChI is InChI=1S/C11H15BrO4/c1-10-4-7(13)11(2,16-10)6(5-12)8(10)9(14)15-3/h6,8H,4-5H2,1-3H3/t6-,8+,10-,11-/m1/s1. The van der Waals surface area contributed by atoms with Crippen molar-refractivity contribution >= 4 is 27.7 Å². The SMILES string of the molecule is COC(=O)[C@@H]1[C@@H](CBr)[C@@]2(C)O[C@]1(C)CC2=O. The second-order valence-corrected chi connectivity index (χ2v) is 5.53. The number of ether oxygens (including phenoxy) is 2. The summed E-state index contributed by atoms with van der Waals surface area (Å²) in [6.07, 6.45) is 0.298. The fourth-order valence-corrected chi connectivity index (χ4v) is 4.04. The molecule has 0 amide bonds. The van der Waals surface area contributed by atoms with E-state index in [-0.39, 0.29) is 23.6 Å². The van der Waals surface area contributed by atoms with Crippen LogP contribution in [0.25, 0.3) is 0 Å². The Labute approximate surface area is 103 Å². The smallest absolute Gasteiger partial charge is 0.312 e. The van der Waals surface area contributed by atoms with Crippen molar-refractivity contribution in [3.63, 3.8) is 0 Å². The van der Waals surface area contributed by atoms with Gasteiger partial charge in [-0.2, -0.15) is 0 Å². The zero-order chi connectivity index (χ0) is 12.1. The number of fused-ring (bicyclic) bond motifs is 2. The number of carbonyl (C=O) groups excluding carboxylic acids is 2. The van der Waals surface area contributed by atoms with E-state index in [1.807, 2.05) is 6.92 Å². The van der Waals surface area contributed by atoms with Crippen LogP contribution >= 0.6 is 15.9 Å². The van der Waals surface area contributed by atoms with Crippen molar-refractivity contribution < 1.29 is 19.1 Å². The monoisotopic (exact) mass is 290 g/mol. The van der Waals surface area contributed by atoms with E-state index in [4.69, 9.17) is 9.47 Å². The van der Waals surface area contributed by atoms with Crippen molar-refractivity contribution in [2.45, 2.75) is 31.5 Å². The van der Waals surface area contributed by atoms with Crippen LogP contribution in [0.5, 0.6) is 0 Å². The van der Waals surface area contributed by atoms with Crippen LogP contribution < -0.4 is 0 Å². The lowest BCUT2D eigenvalue weighted by atomic mass is 9.68. The minimum Gasteiger partial charge on any atom is -0.469 e. The topological polar surface area (TPSA) is 52.6 Å². The number of carbonyl (C=O) groups is 2. The van der Waals surface area contributed by atoms with Gasteiger partial charge in [0.15, 0.2) is 5.78 Å². The number of rotatable bonds is 2. The van der Waals surface area contributed by atoms with E-state index in [1.165, 1.54) is 7.11 Å². The summed E-state index contributed by atoms with van der Waals surface area (Å²) in [6.45, 7) is 3.59. The summed E-state index contributed by atoms with van der Waals surface area (Å²) in [4.78, 5) is 23.7. The van der Waals surface area contributed by atoms with Crippen molar-refractivity contribution in [2.24, 2.45) is 11.8 Å². The molecule has 2 rings (SSSR count). The molecule has 4 nitrogen and oxygen atoms in total. The Morgan fingerprint density at radius 3 is 2.75 bits per heavy atom. The molecule has 0 unspecified atom stereocenters. The van der Waals surface area contributed by atoms with E-state index in [2.05, 4.69) is 15.9 Å². The van der Waals surface area contributed by atoms with Gasteiger partial charge in [0.1, 0.15) is 5.60 Å². The number of ketones is 1. The maximum Gasteiger partial charge on any atom is 0.312 e. The van der Waals surface area contributed by atoms with Crippen LogP contribution in [-0.2, 0) is 19.1 Å². The van der Waals surface area contributed by atoms with Gasteiger partial charge in [0.25, 0.3) is 0 Å². The van der Waals surface area contributed by atoms with Gasteiger partial charge in [-0.25, -0.2) is 0 Å². The van der Waals surface area contributed by atoms with E-state index in [0.29, 0.717) is 11.8 Å². The number of esters is 1. The van der Waals surface area contributed by atoms with Gasteiger partial charge in [-0.05, 0) is 13.8 Å². The molecule has 2 fully saturated rings. The van der Waals surface area contributed by atoms with Crippen LogP contribution in [0.4, 0.5) is 0 Å². The highest BCUT2D eigenvalue weighted by Crippen LogP contribution is 2.56. The summed E-state index contributed by atoms with van der Waals surface area (Å²) >= 11 is 3.36. The molecule has 0 saturated carbocycles. The summed E-state index contributed by atoms with van der Waals surface area (Å²) in [6, 6.07) is 0. The highest BCUT2D eigenvalue weighted by Gasteiger charge is 2.69. The average Bonchev–Trinajstić information content (AvgIpc) is 2.58. The molecule has 4 atom stereocenters. The third kappa shape index (κ3) is 1.31. The average molecular weight is 291 g/mol. The van der Waals surface area contributed by atoms with Crippen LogP contribution in [0.3, 0.4) is 0 Å². The highest BCUT2D eigenvalue weighted by atomic mass is 79.9. The lowest BCUT2D eigenvalue weighted by Crippen LogP contribution is -2.48. The normalized spacial score (nSPS) is 46.1. The fraction of sp³-hybridized carbons (Fsp3) is 0.818. The largest absolute Gasteiger partial charge is 0.469 e. The third-order valence-electron chi connectivity index (χ3n) is 3.90. The molecule has 2 saturated heterocycles. The summed E-state index contributed by atoms with van der Waals surface area (Å²) < 4.78 is 10.6. The number of hydrogen-bond acceptors (Lipinski definition) is 4. The molecule has 90 valence electrons. The van der Waals surface area contributed by atoms with E-state index < -0.39 is 11.2 Å². The maximum absolute atomic E-state index is 11.9. The van der Waals surface area contributed by atoms with E-state index in [9.17, 15) is 9.59 Å². The lowest BCUT2D eigenvalue weighted by molar-refractivity contribution is -0.151. The van der Waals surface area contributed by atoms with Crippen LogP contribution in [0.15, 0.2) is 0 Å². The molecule has 0 N–H and O–H groups in total. The van der Waals surface area contributed by atoms with Gasteiger partial charge < -0.3 is 9.47 Å². The molecule has 16 heavy (non-hydrogen) atoms. The first-order valence-corrected chi connectivity index (χ1v) is 6.38. The van der Waals surface area contributed by atoms with Crippen LogP contribution in [0, 0.1) is 11.8 Å². The molecule has 0 aromatic carbocycles. The molecule has 2 heterocycles. The van der Waals surface area contributed by atoms with Crippen molar-refractivity contribution in [3.8, 4) is 0 Å². The molecule has 0 aromatic heterocycles. The van der Waals surface area contributed by atoms with Crippen molar-refractivity contribution in [2.75, 3.05) is 12.4 Å². The van der Waals surface area contributed by atoms with E-state index >= 15 is 0 Å². The number of halogens is 1. The molecular weight excluding hydrogens is 276 g/mol. The van der Waals surface area contributed by atoms with Gasteiger partial charge in [0.05, 0.1) is 18.6 Å². The second-order valence-electron chi connectivity index (χ2n) is 4.88. The number of Topliss-reactive ketones (excluding diaryl/α,β-unsaturated/α-hetero) is 1. The molecular formula is C11H15BrO4. The molecule has 2 aliphatic rings. The second kappa shape index (κ2) is 3.53. The maximum atomic E-state index is 11.9. The van der Waals surface area contributed by atoms with Crippen LogP contribution in [-0.4, -0.2) is 35.4 Å². The van der Waals surface area contributed by atoms with Crippen molar-refractivity contribution in [1.82, 2.24) is 0 Å². The summed E-state index contributed by atoms with van der Waals surface area (Å²) in [5.41, 5.74) is -1.53. The molecule has 0 aliphatic carbocycles. The summed E-state index contributed by atoms with van der Waals surface area (Å²) in [5, 5.41) is 0.560. The van der Waals surface area contributed by atoms with Gasteiger partial charge in [-0.15, -0.1) is 0 Å². The van der Waals surface area contributed by atoms with Crippen LogP contribution in [0.1, 0.15) is 20.3 Å². The highest BCUT2D eigenvalue weighted by molar-refractivity contribution is 9.09. The molecule has 0 spiro atoms. The van der Waals surface area contributed by atoms with Crippen molar-refractivity contribution in [3.05, 3.63) is 0 Å². The first-order chi connectivity index (χ1) is 7.39. The van der Waals surface area contributed by atoms with Gasteiger partial charge >= 0.3 is 5.97 Å². The van der Waals surface area contributed by atoms with Gasteiger partial charge in [-0.3, -0.25) is 9.59 Å². The van der Waals surface area contributed by atoms with Gasteiger partial charge in [0, 0.05) is 17.7 Å². The fourth-order valence-electron chi connectivity index (χ4n) is 3.05. The number of hydrogen-bond donors (Lipinski definition) is 0. The molecule has 2 aliphatic heterocycles. The Bertz CT molecular complexity index is 356. The Hall–Kier alpha value is -0.420. The zero-order valence-electron chi connectivity index (χ0n) is 9.58. The Morgan fingerprint density at radius 1 is 1.62 bits per heavy atom. The lowest BCUT2D eigenvalue weighted by Gasteiger charge is -2.32. The van der Waals surface area contributed by atoms with E-state index in [0.717, 1.165) is 0 Å². The molecule has 2 bridgehead atoms. The quantitative estimate of drug-likeness (QED) is 0.568. The molecule has 0 radical (unpaired) electrons. The van der Waals surface area contributed by atoms with Crippen molar-refractivity contribution in [1.29, 1.82) is 0 Å². The molecule has 5 heteroatoms. The molecule has 0 aromatic rings. The minimum absolute atomic E-state index is 0.0830. The Kier molecular flexibility index (Phi) is 2.66. The van der Waals surface area contributed by atoms with Gasteiger partial charge in [-0.1, -0.05) is 15.9 Å². The predicted octanol–water partition coefficient (Wildman–Crippen LogP) is 1.31. The summed E-state index contributed by atoms with van der Waals surface area (Å²) in [5.74, 6) is -0.714. The Morgan fingerprint density at radius 2 is 2.25 bits per heavy atom. The van der Waals surface area contributed by atoms with E-state index in [1.54, 1.807) is 6.92 Å². The number of alkyl halides is 1. The first-order valence-electron chi connectivity index (χ1n) is 5.26. The summed E-state index contributed by atoms with van der Waals surface area (Å²) in [7, 11) is 1.37. The van der Waals surface area contributed by atoms with Crippen LogP contribution in [0.2, 0.25) is 0 Å².